The van der Waals surface area contributed by atoms with Crippen LogP contribution in [-0.4, -0.2) is 19.6 Å². The largest absolute Gasteiger partial charge is 0.397 e. The van der Waals surface area contributed by atoms with Crippen LogP contribution in [0.2, 0.25) is 0 Å². The zero-order valence-electron chi connectivity index (χ0n) is 12.6. The summed E-state index contributed by atoms with van der Waals surface area (Å²) >= 11 is 0. The molecule has 2 aromatic carbocycles. The molecule has 0 bridgehead atoms. The van der Waals surface area contributed by atoms with Crippen molar-refractivity contribution in [2.45, 2.75) is 18.8 Å². The van der Waals surface area contributed by atoms with Crippen LogP contribution in [0.4, 0.5) is 0 Å². The SMILES string of the molecule is O=S(=O)(O)OCCCC1C=C(c2ccccc2)c2ccccc21. The molecule has 0 heterocycles. The van der Waals surface area contributed by atoms with Crippen LogP contribution in [0.25, 0.3) is 5.57 Å². The molecule has 0 amide bonds. The Balaban J connectivity index is 1.77. The first-order chi connectivity index (χ1) is 11.0. The highest BCUT2D eigenvalue weighted by molar-refractivity contribution is 7.80. The van der Waals surface area contributed by atoms with E-state index in [0.29, 0.717) is 6.42 Å². The summed E-state index contributed by atoms with van der Waals surface area (Å²) in [6, 6.07) is 18.5. The van der Waals surface area contributed by atoms with Crippen molar-refractivity contribution in [3.05, 3.63) is 77.4 Å². The third-order valence-corrected chi connectivity index (χ3v) is 4.46. The molecule has 0 saturated carbocycles. The van der Waals surface area contributed by atoms with Gasteiger partial charge in [0.25, 0.3) is 0 Å². The van der Waals surface area contributed by atoms with E-state index in [1.807, 2.05) is 30.3 Å². The standard InChI is InChI=1S/C18H18O4S/c19-23(20,21)22-12-6-9-15-13-18(14-7-2-1-3-8-14)17-11-5-4-10-16(15)17/h1-5,7-8,10-11,13,15H,6,9,12H2,(H,19,20,21). The Bertz CT molecular complexity index is 810. The van der Waals surface area contributed by atoms with Gasteiger partial charge >= 0.3 is 10.4 Å². The first-order valence-corrected chi connectivity index (χ1v) is 8.89. The van der Waals surface area contributed by atoms with Crippen molar-refractivity contribution in [3.63, 3.8) is 0 Å². The van der Waals surface area contributed by atoms with E-state index in [-0.39, 0.29) is 12.5 Å². The van der Waals surface area contributed by atoms with Gasteiger partial charge in [0.2, 0.25) is 0 Å². The van der Waals surface area contributed by atoms with Gasteiger partial charge < -0.3 is 0 Å². The first-order valence-electron chi connectivity index (χ1n) is 7.53. The summed E-state index contributed by atoms with van der Waals surface area (Å²) in [5.41, 5.74) is 4.86. The van der Waals surface area contributed by atoms with E-state index in [0.717, 1.165) is 6.42 Å². The fraction of sp³-hybridized carbons (Fsp3) is 0.222. The van der Waals surface area contributed by atoms with Crippen molar-refractivity contribution in [2.75, 3.05) is 6.61 Å². The van der Waals surface area contributed by atoms with Gasteiger partial charge in [-0.25, -0.2) is 4.18 Å². The molecule has 0 saturated heterocycles. The van der Waals surface area contributed by atoms with E-state index in [9.17, 15) is 8.42 Å². The number of fused-ring (bicyclic) bond motifs is 1. The predicted molar refractivity (Wildman–Crippen MR) is 89.4 cm³/mol. The Hall–Kier alpha value is -1.95. The lowest BCUT2D eigenvalue weighted by atomic mass is 9.95. The van der Waals surface area contributed by atoms with Gasteiger partial charge in [-0.05, 0) is 35.1 Å². The van der Waals surface area contributed by atoms with E-state index in [2.05, 4.69) is 34.5 Å². The second-order valence-electron chi connectivity index (χ2n) is 5.53. The second-order valence-corrected chi connectivity index (χ2v) is 6.62. The van der Waals surface area contributed by atoms with Gasteiger partial charge in [-0.2, -0.15) is 8.42 Å². The normalized spacial score (nSPS) is 16.9. The summed E-state index contributed by atoms with van der Waals surface area (Å²) in [6.07, 6.45) is 3.55. The van der Waals surface area contributed by atoms with E-state index < -0.39 is 10.4 Å². The van der Waals surface area contributed by atoms with E-state index in [1.54, 1.807) is 0 Å². The van der Waals surface area contributed by atoms with E-state index in [1.165, 1.54) is 22.3 Å². The minimum Gasteiger partial charge on any atom is -0.264 e. The summed E-state index contributed by atoms with van der Waals surface area (Å²) in [7, 11) is -4.35. The molecule has 1 aliphatic rings. The molecule has 1 N–H and O–H groups in total. The number of allylic oxidation sites excluding steroid dienone is 1. The highest BCUT2D eigenvalue weighted by atomic mass is 32.3. The van der Waals surface area contributed by atoms with E-state index in [4.69, 9.17) is 4.55 Å². The molecule has 1 unspecified atom stereocenters. The van der Waals surface area contributed by atoms with Crippen molar-refractivity contribution in [1.29, 1.82) is 0 Å². The van der Waals surface area contributed by atoms with Crippen molar-refractivity contribution >= 4 is 16.0 Å². The van der Waals surface area contributed by atoms with Crippen molar-refractivity contribution in [1.82, 2.24) is 0 Å². The van der Waals surface area contributed by atoms with Gasteiger partial charge in [-0.3, -0.25) is 4.55 Å². The quantitative estimate of drug-likeness (QED) is 0.646. The van der Waals surface area contributed by atoms with Crippen molar-refractivity contribution < 1.29 is 17.2 Å². The molecule has 5 heteroatoms. The number of rotatable bonds is 6. The summed E-state index contributed by atoms with van der Waals surface area (Å²) in [5.74, 6) is 0.228. The molecule has 0 radical (unpaired) electrons. The third-order valence-electron chi connectivity index (χ3n) is 3.99. The zero-order chi connectivity index (χ0) is 16.3. The molecule has 0 aliphatic heterocycles. The molecular formula is C18H18O4S. The fourth-order valence-electron chi connectivity index (χ4n) is 3.02. The Morgan fingerprint density at radius 2 is 1.70 bits per heavy atom. The molecule has 1 aliphatic carbocycles. The highest BCUT2D eigenvalue weighted by Gasteiger charge is 2.23. The lowest BCUT2D eigenvalue weighted by molar-refractivity contribution is 0.261. The number of hydrogen-bond acceptors (Lipinski definition) is 3. The molecule has 3 rings (SSSR count). The van der Waals surface area contributed by atoms with Crippen molar-refractivity contribution in [2.24, 2.45) is 0 Å². The smallest absolute Gasteiger partial charge is 0.264 e. The molecule has 4 nitrogen and oxygen atoms in total. The van der Waals surface area contributed by atoms with Gasteiger partial charge in [0.15, 0.2) is 0 Å². The van der Waals surface area contributed by atoms with Crippen LogP contribution in [0.1, 0.15) is 35.4 Å². The lowest BCUT2D eigenvalue weighted by Gasteiger charge is -2.10. The van der Waals surface area contributed by atoms with Crippen molar-refractivity contribution in [3.8, 4) is 0 Å². The summed E-state index contributed by atoms with van der Waals surface area (Å²) in [4.78, 5) is 0. The van der Waals surface area contributed by atoms with Gasteiger partial charge in [-0.15, -0.1) is 0 Å². The summed E-state index contributed by atoms with van der Waals surface area (Å²) in [5, 5.41) is 0. The molecule has 0 aromatic heterocycles. The maximum Gasteiger partial charge on any atom is 0.397 e. The maximum absolute atomic E-state index is 10.6. The maximum atomic E-state index is 10.6. The molecule has 0 fully saturated rings. The minimum atomic E-state index is -4.35. The van der Waals surface area contributed by atoms with Gasteiger partial charge in [0.1, 0.15) is 0 Å². The van der Waals surface area contributed by atoms with Crippen LogP contribution in [-0.2, 0) is 14.6 Å². The predicted octanol–water partition coefficient (Wildman–Crippen LogP) is 3.82. The van der Waals surface area contributed by atoms with Crippen LogP contribution < -0.4 is 0 Å². The Morgan fingerprint density at radius 1 is 1.00 bits per heavy atom. The molecular weight excluding hydrogens is 312 g/mol. The monoisotopic (exact) mass is 330 g/mol. The molecule has 1 atom stereocenters. The summed E-state index contributed by atoms with van der Waals surface area (Å²) in [6.45, 7) is -0.00793. The summed E-state index contributed by atoms with van der Waals surface area (Å²) < 4.78 is 34.2. The van der Waals surface area contributed by atoms with Crippen LogP contribution in [0.5, 0.6) is 0 Å². The first kappa shape index (κ1) is 15.9. The average molecular weight is 330 g/mol. The van der Waals surface area contributed by atoms with Crippen LogP contribution in [0.3, 0.4) is 0 Å². The highest BCUT2D eigenvalue weighted by Crippen LogP contribution is 2.41. The Kier molecular flexibility index (Phi) is 4.61. The molecule has 2 aromatic rings. The topological polar surface area (TPSA) is 63.6 Å². The minimum absolute atomic E-state index is 0.00793. The van der Waals surface area contributed by atoms with Gasteiger partial charge in [0.05, 0.1) is 6.61 Å². The zero-order valence-corrected chi connectivity index (χ0v) is 13.4. The lowest BCUT2D eigenvalue weighted by Crippen LogP contribution is -2.05. The molecule has 0 spiro atoms. The van der Waals surface area contributed by atoms with Gasteiger partial charge in [-0.1, -0.05) is 60.7 Å². The second kappa shape index (κ2) is 6.66. The molecule has 120 valence electrons. The average Bonchev–Trinajstić information content (AvgIpc) is 2.91. The Labute approximate surface area is 136 Å². The third kappa shape index (κ3) is 3.88. The van der Waals surface area contributed by atoms with Gasteiger partial charge in [0, 0.05) is 5.92 Å². The number of hydrogen-bond donors (Lipinski definition) is 1. The van der Waals surface area contributed by atoms with Crippen LogP contribution >= 0.6 is 0 Å². The Morgan fingerprint density at radius 3 is 2.43 bits per heavy atom. The van der Waals surface area contributed by atoms with E-state index >= 15 is 0 Å². The van der Waals surface area contributed by atoms with Crippen LogP contribution in [0, 0.1) is 0 Å². The number of benzene rings is 2. The van der Waals surface area contributed by atoms with Crippen LogP contribution in [0.15, 0.2) is 60.7 Å². The molecule has 23 heavy (non-hydrogen) atoms. The fourth-order valence-corrected chi connectivity index (χ4v) is 3.35.